The number of para-hydroxylation sites is 1. The Kier molecular flexibility index (Phi) is 2.60. The first-order valence-electron chi connectivity index (χ1n) is 6.44. The molecule has 3 N–H and O–H groups in total. The summed E-state index contributed by atoms with van der Waals surface area (Å²) in [4.78, 5) is 10.6. The van der Waals surface area contributed by atoms with Crippen molar-refractivity contribution in [1.82, 2.24) is 25.1 Å². The molecule has 3 heterocycles. The second-order valence-corrected chi connectivity index (χ2v) is 4.50. The van der Waals surface area contributed by atoms with E-state index in [0.29, 0.717) is 11.6 Å². The van der Waals surface area contributed by atoms with Gasteiger partial charge in [-0.3, -0.25) is 0 Å². The largest absolute Gasteiger partial charge is 0.360 e. The van der Waals surface area contributed by atoms with E-state index in [1.807, 2.05) is 42.6 Å². The standard InChI is InChI=1S/C14H11N7/c1-2-6-11-10(5-1)12-13(17-11)18-14(21-19-12)20-16-8-9-4-3-7-15-9/h1-8,15H,(H2,17,18,20,21)/b16-8+. The number of fused-ring (bicyclic) bond motifs is 3. The lowest BCUT2D eigenvalue weighted by Crippen LogP contribution is -1.99. The Morgan fingerprint density at radius 2 is 2.05 bits per heavy atom. The number of anilines is 1. The maximum Gasteiger partial charge on any atom is 0.265 e. The fourth-order valence-electron chi connectivity index (χ4n) is 2.15. The Hall–Kier alpha value is -3.22. The van der Waals surface area contributed by atoms with Crippen LogP contribution in [-0.4, -0.2) is 31.4 Å². The number of nitrogens with zero attached hydrogens (tertiary/aromatic N) is 4. The summed E-state index contributed by atoms with van der Waals surface area (Å²) in [7, 11) is 0. The van der Waals surface area contributed by atoms with Gasteiger partial charge >= 0.3 is 0 Å². The number of hydrogen-bond donors (Lipinski definition) is 3. The lowest BCUT2D eigenvalue weighted by Gasteiger charge is -1.96. The Labute approximate surface area is 119 Å². The fraction of sp³-hybridized carbons (Fsp3) is 0. The zero-order valence-electron chi connectivity index (χ0n) is 10.9. The van der Waals surface area contributed by atoms with Crippen LogP contribution in [-0.2, 0) is 0 Å². The van der Waals surface area contributed by atoms with E-state index in [2.05, 4.69) is 35.7 Å². The molecule has 102 valence electrons. The minimum absolute atomic E-state index is 0.344. The van der Waals surface area contributed by atoms with Crippen LogP contribution < -0.4 is 5.43 Å². The zero-order valence-corrected chi connectivity index (χ0v) is 10.9. The van der Waals surface area contributed by atoms with E-state index < -0.39 is 0 Å². The van der Waals surface area contributed by atoms with Gasteiger partial charge < -0.3 is 9.97 Å². The first kappa shape index (κ1) is 11.6. The Morgan fingerprint density at radius 1 is 1.10 bits per heavy atom. The zero-order chi connectivity index (χ0) is 14.1. The third kappa shape index (κ3) is 2.10. The average molecular weight is 277 g/mol. The summed E-state index contributed by atoms with van der Waals surface area (Å²) in [6.45, 7) is 0. The summed E-state index contributed by atoms with van der Waals surface area (Å²) >= 11 is 0. The lowest BCUT2D eigenvalue weighted by molar-refractivity contribution is 1.01. The SMILES string of the molecule is C(=N\Nc1nnc2c(n1)[nH]c1ccccc12)/c1ccc[nH]1. The minimum Gasteiger partial charge on any atom is -0.360 e. The van der Waals surface area contributed by atoms with Gasteiger partial charge in [-0.05, 0) is 18.2 Å². The molecular formula is C14H11N7. The van der Waals surface area contributed by atoms with Crippen molar-refractivity contribution in [2.75, 3.05) is 5.43 Å². The highest BCUT2D eigenvalue weighted by molar-refractivity contribution is 6.03. The summed E-state index contributed by atoms with van der Waals surface area (Å²) in [6.07, 6.45) is 3.48. The first-order valence-corrected chi connectivity index (χ1v) is 6.44. The Balaban J connectivity index is 1.66. The molecule has 0 saturated heterocycles. The summed E-state index contributed by atoms with van der Waals surface area (Å²) in [5.41, 5.74) is 6.08. The van der Waals surface area contributed by atoms with Gasteiger partial charge in [-0.25, -0.2) is 5.43 Å². The minimum atomic E-state index is 0.344. The first-order chi connectivity index (χ1) is 10.4. The average Bonchev–Trinajstić information content (AvgIpc) is 3.13. The molecule has 1 aromatic carbocycles. The molecule has 0 atom stereocenters. The van der Waals surface area contributed by atoms with Crippen LogP contribution in [0.15, 0.2) is 47.7 Å². The maximum absolute atomic E-state index is 4.37. The van der Waals surface area contributed by atoms with Crippen LogP contribution in [0.1, 0.15) is 5.69 Å². The monoisotopic (exact) mass is 277 g/mol. The molecule has 3 aromatic heterocycles. The fourth-order valence-corrected chi connectivity index (χ4v) is 2.15. The number of hydrogen-bond acceptors (Lipinski definition) is 5. The number of rotatable bonds is 3. The summed E-state index contributed by atoms with van der Waals surface area (Å²) < 4.78 is 0. The molecule has 0 fully saturated rings. The van der Waals surface area contributed by atoms with E-state index in [1.165, 1.54) is 0 Å². The van der Waals surface area contributed by atoms with E-state index in [-0.39, 0.29) is 0 Å². The van der Waals surface area contributed by atoms with E-state index in [9.17, 15) is 0 Å². The molecule has 0 bridgehead atoms. The molecule has 0 saturated carbocycles. The van der Waals surface area contributed by atoms with Crippen molar-refractivity contribution in [3.05, 3.63) is 48.3 Å². The molecule has 7 heteroatoms. The summed E-state index contributed by atoms with van der Waals surface area (Å²) in [5, 5.41) is 13.3. The quantitative estimate of drug-likeness (QED) is 0.395. The van der Waals surface area contributed by atoms with Crippen LogP contribution in [0.2, 0.25) is 0 Å². The topological polar surface area (TPSA) is 94.6 Å². The van der Waals surface area contributed by atoms with Crippen molar-refractivity contribution in [3.63, 3.8) is 0 Å². The molecular weight excluding hydrogens is 266 g/mol. The molecule has 7 nitrogen and oxygen atoms in total. The third-order valence-corrected chi connectivity index (χ3v) is 3.11. The normalized spacial score (nSPS) is 11.6. The molecule has 0 spiro atoms. The van der Waals surface area contributed by atoms with Crippen LogP contribution in [0.4, 0.5) is 5.95 Å². The van der Waals surface area contributed by atoms with Gasteiger partial charge in [-0.15, -0.1) is 10.2 Å². The second-order valence-electron chi connectivity index (χ2n) is 4.50. The van der Waals surface area contributed by atoms with Crippen molar-refractivity contribution in [1.29, 1.82) is 0 Å². The van der Waals surface area contributed by atoms with Crippen LogP contribution in [0.25, 0.3) is 22.1 Å². The predicted molar refractivity (Wildman–Crippen MR) is 81.2 cm³/mol. The van der Waals surface area contributed by atoms with Crippen molar-refractivity contribution in [2.45, 2.75) is 0 Å². The number of aromatic amines is 2. The molecule has 0 unspecified atom stereocenters. The maximum atomic E-state index is 4.37. The van der Waals surface area contributed by atoms with Crippen LogP contribution >= 0.6 is 0 Å². The summed E-state index contributed by atoms with van der Waals surface area (Å²) in [5.74, 6) is 0.344. The van der Waals surface area contributed by atoms with Gasteiger partial charge in [0.25, 0.3) is 5.95 Å². The molecule has 0 radical (unpaired) electrons. The van der Waals surface area contributed by atoms with Gasteiger partial charge in [-0.2, -0.15) is 10.1 Å². The number of benzene rings is 1. The molecule has 0 aliphatic rings. The van der Waals surface area contributed by atoms with Gasteiger partial charge in [0.1, 0.15) is 5.52 Å². The molecule has 4 aromatic rings. The number of hydrazone groups is 1. The predicted octanol–water partition coefficient (Wildman–Crippen LogP) is 2.28. The summed E-state index contributed by atoms with van der Waals surface area (Å²) in [6, 6.07) is 11.7. The van der Waals surface area contributed by atoms with Gasteiger partial charge in [0.15, 0.2) is 5.65 Å². The van der Waals surface area contributed by atoms with Gasteiger partial charge in [0, 0.05) is 17.1 Å². The van der Waals surface area contributed by atoms with Gasteiger partial charge in [-0.1, -0.05) is 18.2 Å². The van der Waals surface area contributed by atoms with Crippen molar-refractivity contribution < 1.29 is 0 Å². The molecule has 0 aliphatic carbocycles. The molecule has 4 rings (SSSR count). The molecule has 0 amide bonds. The highest BCUT2D eigenvalue weighted by Gasteiger charge is 2.07. The number of H-pyrrole nitrogens is 2. The Bertz CT molecular complexity index is 921. The second kappa shape index (κ2) is 4.71. The smallest absolute Gasteiger partial charge is 0.265 e. The van der Waals surface area contributed by atoms with Crippen LogP contribution in [0.3, 0.4) is 0 Å². The lowest BCUT2D eigenvalue weighted by atomic mass is 10.2. The third-order valence-electron chi connectivity index (χ3n) is 3.11. The number of nitrogens with one attached hydrogen (secondary N) is 3. The van der Waals surface area contributed by atoms with Crippen molar-refractivity contribution in [3.8, 4) is 0 Å². The van der Waals surface area contributed by atoms with Gasteiger partial charge in [0.05, 0.1) is 11.9 Å². The van der Waals surface area contributed by atoms with Crippen molar-refractivity contribution in [2.24, 2.45) is 5.10 Å². The van der Waals surface area contributed by atoms with Crippen LogP contribution in [0.5, 0.6) is 0 Å². The van der Waals surface area contributed by atoms with E-state index in [1.54, 1.807) is 6.21 Å². The highest BCUT2D eigenvalue weighted by Crippen LogP contribution is 2.21. The number of aromatic nitrogens is 5. The highest BCUT2D eigenvalue weighted by atomic mass is 15.4. The van der Waals surface area contributed by atoms with Crippen LogP contribution in [0, 0.1) is 0 Å². The molecule has 0 aliphatic heterocycles. The molecule has 21 heavy (non-hydrogen) atoms. The van der Waals surface area contributed by atoms with E-state index in [0.717, 1.165) is 22.1 Å². The Morgan fingerprint density at radius 3 is 2.95 bits per heavy atom. The van der Waals surface area contributed by atoms with Gasteiger partial charge in [0.2, 0.25) is 0 Å². The van der Waals surface area contributed by atoms with E-state index >= 15 is 0 Å². The van der Waals surface area contributed by atoms with Crippen molar-refractivity contribution >= 4 is 34.2 Å². The van der Waals surface area contributed by atoms with E-state index in [4.69, 9.17) is 0 Å².